The fourth-order valence-corrected chi connectivity index (χ4v) is 1.66. The van der Waals surface area contributed by atoms with Crippen molar-refractivity contribution in [3.8, 4) is 0 Å². The van der Waals surface area contributed by atoms with Crippen molar-refractivity contribution < 1.29 is 45.4 Å². The first-order valence-corrected chi connectivity index (χ1v) is 5.17. The second-order valence-corrected chi connectivity index (χ2v) is 4.15. The molecule has 4 N–H and O–H groups in total. The summed E-state index contributed by atoms with van der Waals surface area (Å²) in [7, 11) is -10.5. The number of hydrogen-bond acceptors (Lipinski definition) is 5. The van der Waals surface area contributed by atoms with E-state index in [1.165, 1.54) is 0 Å². The topological polar surface area (TPSA) is 151 Å². The minimum absolute atomic E-state index is 0. The molecular formula is CH6CaO9P2. The molecule has 0 saturated heterocycles. The Balaban J connectivity index is -0.000000202. The molecule has 0 radical (unpaired) electrons. The minimum atomic E-state index is -5.24. The Kier molecular flexibility index (Phi) is 7.07. The fourth-order valence-electron chi connectivity index (χ4n) is 0.250. The fraction of sp³-hybridized carbons (Fsp3) is 0. The van der Waals surface area contributed by atoms with Gasteiger partial charge in [-0.3, -0.25) is 4.89 Å². The van der Waals surface area contributed by atoms with Crippen LogP contribution in [0.2, 0.25) is 0 Å². The van der Waals surface area contributed by atoms with Crippen LogP contribution in [0.5, 0.6) is 0 Å². The Bertz CT molecular complexity index is 273. The van der Waals surface area contributed by atoms with Gasteiger partial charge in [0.05, 0.1) is 0 Å². The molecule has 1 unspecified atom stereocenters. The first-order valence-electron chi connectivity index (χ1n) is 2.14. The van der Waals surface area contributed by atoms with Crippen molar-refractivity contribution in [3.05, 3.63) is 0 Å². The average Bonchev–Trinajstić information content (AvgIpc) is 1.48. The van der Waals surface area contributed by atoms with Gasteiger partial charge in [-0.1, -0.05) is 0 Å². The molecule has 0 aromatic carbocycles. The molecular weight excluding hydrogens is 258 g/mol. The Morgan fingerprint density at radius 2 is 1.62 bits per heavy atom. The number of rotatable bonds is 3. The van der Waals surface area contributed by atoms with Crippen LogP contribution < -0.4 is 0 Å². The summed E-state index contributed by atoms with van der Waals surface area (Å²) in [6, 6.07) is 0. The summed E-state index contributed by atoms with van der Waals surface area (Å²) < 4.78 is 26.4. The third-order valence-corrected chi connectivity index (χ3v) is 2.47. The first kappa shape index (κ1) is 16.3. The number of phosphoric ester groups is 1. The van der Waals surface area contributed by atoms with Crippen LogP contribution in [0.15, 0.2) is 0 Å². The van der Waals surface area contributed by atoms with Crippen LogP contribution in [0.4, 0.5) is 4.79 Å². The number of phosphoric acid groups is 2. The van der Waals surface area contributed by atoms with E-state index in [0.717, 1.165) is 0 Å². The molecule has 0 aromatic rings. The zero-order valence-corrected chi connectivity index (χ0v) is 9.93. The van der Waals surface area contributed by atoms with Gasteiger partial charge in [-0.2, -0.15) is 4.31 Å². The zero-order valence-electron chi connectivity index (χ0n) is 7.93. The summed E-state index contributed by atoms with van der Waals surface area (Å²) in [6.45, 7) is 0. The summed E-state index contributed by atoms with van der Waals surface area (Å²) in [5.74, 6) is 0. The maximum absolute atomic E-state index is 10.3. The van der Waals surface area contributed by atoms with E-state index in [4.69, 9.17) is 19.8 Å². The largest absolute Gasteiger partial charge is 2.00 e. The normalized spacial score (nSPS) is 15.3. The van der Waals surface area contributed by atoms with E-state index in [9.17, 15) is 13.9 Å². The third kappa shape index (κ3) is 10.8. The predicted octanol–water partition coefficient (Wildman–Crippen LogP) is -0.265. The molecule has 13 heavy (non-hydrogen) atoms. The summed E-state index contributed by atoms with van der Waals surface area (Å²) in [4.78, 5) is 33.8. The third-order valence-electron chi connectivity index (χ3n) is 0.403. The standard InChI is InChI=1S/CH4O9P2.Ca.2H/c2-1(3)9-12(7,8)10-11(4,5)6;;;/h(H,2,3)(H,7,8)(H2,4,5,6);;;/q;+2;2*-1. The summed E-state index contributed by atoms with van der Waals surface area (Å²) >= 11 is 0. The van der Waals surface area contributed by atoms with Crippen LogP contribution in [0.3, 0.4) is 0 Å². The second-order valence-electron chi connectivity index (χ2n) is 1.40. The van der Waals surface area contributed by atoms with Crippen molar-refractivity contribution in [3.63, 3.8) is 0 Å². The van der Waals surface area contributed by atoms with Gasteiger partial charge >= 0.3 is 59.5 Å². The molecule has 0 fully saturated rings. The Labute approximate surface area is 104 Å². The average molecular weight is 264 g/mol. The summed E-state index contributed by atoms with van der Waals surface area (Å²) in [6.07, 6.45) is -2.19. The van der Waals surface area contributed by atoms with Crippen LogP contribution in [-0.4, -0.2) is 63.7 Å². The maximum atomic E-state index is 10.3. The number of carbonyl (C=O) groups is 1. The van der Waals surface area contributed by atoms with Gasteiger partial charge in [-0.05, 0) is 0 Å². The quantitative estimate of drug-likeness (QED) is 0.399. The molecule has 0 amide bonds. The van der Waals surface area contributed by atoms with Crippen molar-refractivity contribution in [1.29, 1.82) is 0 Å². The van der Waals surface area contributed by atoms with Crippen molar-refractivity contribution in [2.45, 2.75) is 0 Å². The van der Waals surface area contributed by atoms with E-state index in [-0.39, 0.29) is 40.6 Å². The van der Waals surface area contributed by atoms with Gasteiger partial charge in [-0.25, -0.2) is 13.9 Å². The molecule has 0 aliphatic rings. The molecule has 0 saturated carbocycles. The molecule has 0 rings (SSSR count). The SMILES string of the molecule is O=C(O)OP(=O)(O)OP(=O)(O)O.[Ca+2].[H-].[H-]. The molecule has 0 aliphatic carbocycles. The summed E-state index contributed by atoms with van der Waals surface area (Å²) in [5.41, 5.74) is 0. The number of carboxylic acid groups (broad SMARTS) is 1. The van der Waals surface area contributed by atoms with Crippen molar-refractivity contribution in [2.24, 2.45) is 0 Å². The van der Waals surface area contributed by atoms with Gasteiger partial charge in [0.1, 0.15) is 0 Å². The predicted molar refractivity (Wildman–Crippen MR) is 40.0 cm³/mol. The first-order chi connectivity index (χ1) is 5.12. The van der Waals surface area contributed by atoms with Gasteiger partial charge < -0.3 is 22.3 Å². The molecule has 9 nitrogen and oxygen atoms in total. The van der Waals surface area contributed by atoms with Crippen LogP contribution in [0, 0.1) is 0 Å². The molecule has 0 aromatic heterocycles. The van der Waals surface area contributed by atoms with E-state index < -0.39 is 21.8 Å². The maximum Gasteiger partial charge on any atom is 2.00 e. The van der Waals surface area contributed by atoms with Gasteiger partial charge in [-0.15, -0.1) is 0 Å². The summed E-state index contributed by atoms with van der Waals surface area (Å²) in [5, 5.41) is 7.76. The van der Waals surface area contributed by atoms with E-state index in [1.807, 2.05) is 0 Å². The Morgan fingerprint density at radius 1 is 1.23 bits per heavy atom. The van der Waals surface area contributed by atoms with Crippen molar-refractivity contribution in [1.82, 2.24) is 0 Å². The van der Waals surface area contributed by atoms with Crippen LogP contribution in [0.1, 0.15) is 2.85 Å². The van der Waals surface area contributed by atoms with Crippen LogP contribution in [-0.2, 0) is 18.0 Å². The zero-order chi connectivity index (χ0) is 9.99. The molecule has 76 valence electrons. The smallest absolute Gasteiger partial charge is 1.00 e. The van der Waals surface area contributed by atoms with Crippen molar-refractivity contribution in [2.75, 3.05) is 0 Å². The van der Waals surface area contributed by atoms with Gasteiger partial charge in [0.25, 0.3) is 0 Å². The monoisotopic (exact) mass is 264 g/mol. The van der Waals surface area contributed by atoms with Gasteiger partial charge in [0, 0.05) is 0 Å². The molecule has 0 heterocycles. The van der Waals surface area contributed by atoms with E-state index in [0.29, 0.717) is 0 Å². The molecule has 1 atom stereocenters. The molecule has 0 aliphatic heterocycles. The molecule has 0 spiro atoms. The van der Waals surface area contributed by atoms with E-state index >= 15 is 0 Å². The Hall–Kier alpha value is 0.830. The molecule has 0 bridgehead atoms. The van der Waals surface area contributed by atoms with E-state index in [1.54, 1.807) is 0 Å². The van der Waals surface area contributed by atoms with Gasteiger partial charge in [0.2, 0.25) is 0 Å². The second kappa shape index (κ2) is 5.65. The van der Waals surface area contributed by atoms with Crippen LogP contribution >= 0.6 is 15.6 Å². The van der Waals surface area contributed by atoms with E-state index in [2.05, 4.69) is 8.83 Å². The minimum Gasteiger partial charge on any atom is -1.00 e. The Morgan fingerprint density at radius 3 is 1.85 bits per heavy atom. The number of hydrogen-bond donors (Lipinski definition) is 4. The van der Waals surface area contributed by atoms with Crippen LogP contribution in [0.25, 0.3) is 0 Å². The van der Waals surface area contributed by atoms with Gasteiger partial charge in [0.15, 0.2) is 0 Å². The van der Waals surface area contributed by atoms with Crippen molar-refractivity contribution >= 4 is 59.5 Å². The molecule has 12 heteroatoms.